The van der Waals surface area contributed by atoms with E-state index < -0.39 is 0 Å². The lowest BCUT2D eigenvalue weighted by Gasteiger charge is -2.02. The van der Waals surface area contributed by atoms with Crippen LogP contribution in [-0.4, -0.2) is 15.4 Å². The summed E-state index contributed by atoms with van der Waals surface area (Å²) in [5, 5.41) is 12.0. The van der Waals surface area contributed by atoms with Crippen LogP contribution in [0.5, 0.6) is 0 Å². The van der Waals surface area contributed by atoms with Gasteiger partial charge in [-0.15, -0.1) is 0 Å². The minimum absolute atomic E-state index is 0.831. The fraction of sp³-hybridized carbons (Fsp3) is 0.167. The molecule has 0 radical (unpaired) electrons. The number of aryl methyl sites for hydroxylation is 2. The van der Waals surface area contributed by atoms with E-state index in [0.29, 0.717) is 0 Å². The summed E-state index contributed by atoms with van der Waals surface area (Å²) < 4.78 is 6.18. The summed E-state index contributed by atoms with van der Waals surface area (Å²) in [6, 6.07) is 4.13. The normalized spacial score (nSPS) is 11.2. The Hall–Kier alpha value is -1.62. The molecule has 0 unspecified atom stereocenters. The summed E-state index contributed by atoms with van der Waals surface area (Å²) in [5.74, 6) is 0.831. The maximum Gasteiger partial charge on any atom is 0.141 e. The van der Waals surface area contributed by atoms with E-state index in [1.165, 1.54) is 0 Å². The van der Waals surface area contributed by atoms with Crippen molar-refractivity contribution in [2.45, 2.75) is 13.8 Å². The van der Waals surface area contributed by atoms with Crippen molar-refractivity contribution in [1.29, 1.82) is 0 Å². The lowest BCUT2D eigenvalue weighted by Crippen LogP contribution is -1.83. The third-order valence-corrected chi connectivity index (χ3v) is 3.45. The third kappa shape index (κ3) is 1.58. The molecular weight excluding hydrogens is 282 g/mol. The monoisotopic (exact) mass is 291 g/mol. The number of fused-ring (bicyclic) bond motifs is 1. The Labute approximate surface area is 106 Å². The second-order valence-electron chi connectivity index (χ2n) is 3.99. The molecule has 1 aromatic carbocycles. The molecule has 5 heteroatoms. The standard InChI is InChI=1S/C12H10BrN3O/c1-6-11(7(2)17-16-6)8-3-9-5-14-15-12(9)10(13)4-8/h3-5H,1-2H3,(H,14,15). The molecular formula is C12H10BrN3O. The Bertz CT molecular complexity index is 679. The van der Waals surface area contributed by atoms with Gasteiger partial charge in [-0.25, -0.2) is 0 Å². The van der Waals surface area contributed by atoms with Gasteiger partial charge in [0.15, 0.2) is 0 Å². The van der Waals surface area contributed by atoms with Gasteiger partial charge in [0.25, 0.3) is 0 Å². The number of benzene rings is 1. The fourth-order valence-corrected chi connectivity index (χ4v) is 2.62. The van der Waals surface area contributed by atoms with E-state index in [1.54, 1.807) is 0 Å². The van der Waals surface area contributed by atoms with Gasteiger partial charge in [0.1, 0.15) is 5.76 Å². The Morgan fingerprint density at radius 2 is 2.12 bits per heavy atom. The molecule has 0 aliphatic carbocycles. The van der Waals surface area contributed by atoms with E-state index in [0.717, 1.165) is 38.0 Å². The van der Waals surface area contributed by atoms with Crippen LogP contribution in [-0.2, 0) is 0 Å². The first-order chi connectivity index (χ1) is 8.16. The van der Waals surface area contributed by atoms with Crippen molar-refractivity contribution in [3.05, 3.63) is 34.3 Å². The van der Waals surface area contributed by atoms with Crippen molar-refractivity contribution in [3.63, 3.8) is 0 Å². The summed E-state index contributed by atoms with van der Waals surface area (Å²) in [6.45, 7) is 3.86. The van der Waals surface area contributed by atoms with Gasteiger partial charge < -0.3 is 4.52 Å². The van der Waals surface area contributed by atoms with Gasteiger partial charge in [0.2, 0.25) is 0 Å². The maximum absolute atomic E-state index is 5.19. The zero-order valence-corrected chi connectivity index (χ0v) is 11.0. The first-order valence-corrected chi connectivity index (χ1v) is 6.02. The fourth-order valence-electron chi connectivity index (χ4n) is 2.05. The number of hydrogen-bond donors (Lipinski definition) is 1. The molecule has 3 aromatic rings. The molecule has 2 heterocycles. The Kier molecular flexibility index (Phi) is 2.29. The maximum atomic E-state index is 5.19. The van der Waals surface area contributed by atoms with Crippen molar-refractivity contribution in [2.75, 3.05) is 0 Å². The summed E-state index contributed by atoms with van der Waals surface area (Å²) >= 11 is 3.54. The van der Waals surface area contributed by atoms with E-state index >= 15 is 0 Å². The summed E-state index contributed by atoms with van der Waals surface area (Å²) in [4.78, 5) is 0. The largest absolute Gasteiger partial charge is 0.361 e. The van der Waals surface area contributed by atoms with Crippen LogP contribution < -0.4 is 0 Å². The van der Waals surface area contributed by atoms with Crippen molar-refractivity contribution in [1.82, 2.24) is 15.4 Å². The smallest absolute Gasteiger partial charge is 0.141 e. The molecule has 86 valence electrons. The summed E-state index contributed by atoms with van der Waals surface area (Å²) in [6.07, 6.45) is 1.81. The van der Waals surface area contributed by atoms with Crippen molar-refractivity contribution < 1.29 is 4.52 Å². The number of aromatic nitrogens is 3. The zero-order chi connectivity index (χ0) is 12.0. The highest BCUT2D eigenvalue weighted by molar-refractivity contribution is 9.10. The lowest BCUT2D eigenvalue weighted by atomic mass is 10.0. The number of hydrogen-bond acceptors (Lipinski definition) is 3. The van der Waals surface area contributed by atoms with Gasteiger partial charge in [-0.1, -0.05) is 5.16 Å². The quantitative estimate of drug-likeness (QED) is 0.745. The molecule has 0 amide bonds. The highest BCUT2D eigenvalue weighted by atomic mass is 79.9. The minimum Gasteiger partial charge on any atom is -0.361 e. The Morgan fingerprint density at radius 1 is 1.29 bits per heavy atom. The third-order valence-electron chi connectivity index (χ3n) is 2.82. The molecule has 0 saturated heterocycles. The molecule has 0 bridgehead atoms. The Morgan fingerprint density at radius 3 is 2.82 bits per heavy atom. The van der Waals surface area contributed by atoms with Crippen molar-refractivity contribution in [2.24, 2.45) is 0 Å². The van der Waals surface area contributed by atoms with Crippen molar-refractivity contribution >= 4 is 26.8 Å². The van der Waals surface area contributed by atoms with Crippen LogP contribution in [0, 0.1) is 13.8 Å². The number of nitrogens with one attached hydrogen (secondary N) is 1. The predicted molar refractivity (Wildman–Crippen MR) is 68.8 cm³/mol. The van der Waals surface area contributed by atoms with E-state index in [2.05, 4.69) is 37.4 Å². The van der Waals surface area contributed by atoms with Crippen LogP contribution in [0.25, 0.3) is 22.0 Å². The first-order valence-electron chi connectivity index (χ1n) is 5.22. The second kappa shape index (κ2) is 3.70. The van der Waals surface area contributed by atoms with Gasteiger partial charge >= 0.3 is 0 Å². The molecule has 0 atom stereocenters. The van der Waals surface area contributed by atoms with E-state index in [1.807, 2.05) is 26.1 Å². The molecule has 0 fully saturated rings. The molecule has 17 heavy (non-hydrogen) atoms. The van der Waals surface area contributed by atoms with Crippen LogP contribution in [0.4, 0.5) is 0 Å². The number of aromatic amines is 1. The number of rotatable bonds is 1. The second-order valence-corrected chi connectivity index (χ2v) is 4.85. The van der Waals surface area contributed by atoms with Gasteiger partial charge in [0.05, 0.1) is 17.4 Å². The van der Waals surface area contributed by atoms with Crippen LogP contribution in [0.2, 0.25) is 0 Å². The van der Waals surface area contributed by atoms with Crippen LogP contribution >= 0.6 is 15.9 Å². The molecule has 0 aliphatic rings. The lowest BCUT2D eigenvalue weighted by molar-refractivity contribution is 0.393. The predicted octanol–water partition coefficient (Wildman–Crippen LogP) is 3.60. The highest BCUT2D eigenvalue weighted by Gasteiger charge is 2.13. The molecule has 2 aromatic heterocycles. The number of H-pyrrole nitrogens is 1. The van der Waals surface area contributed by atoms with Gasteiger partial charge in [-0.3, -0.25) is 5.10 Å². The van der Waals surface area contributed by atoms with Gasteiger partial charge in [-0.05, 0) is 47.5 Å². The van der Waals surface area contributed by atoms with Gasteiger partial charge in [-0.2, -0.15) is 5.10 Å². The zero-order valence-electron chi connectivity index (χ0n) is 9.41. The average Bonchev–Trinajstić information content (AvgIpc) is 2.86. The molecule has 4 nitrogen and oxygen atoms in total. The average molecular weight is 292 g/mol. The molecule has 0 aliphatic heterocycles. The SMILES string of the molecule is Cc1noc(C)c1-c1cc(Br)c2[nH]ncc2c1. The Balaban J connectivity index is 2.31. The van der Waals surface area contributed by atoms with E-state index in [-0.39, 0.29) is 0 Å². The van der Waals surface area contributed by atoms with E-state index in [9.17, 15) is 0 Å². The molecule has 1 N–H and O–H groups in total. The van der Waals surface area contributed by atoms with Crippen molar-refractivity contribution in [3.8, 4) is 11.1 Å². The van der Waals surface area contributed by atoms with E-state index in [4.69, 9.17) is 4.52 Å². The first kappa shape index (κ1) is 10.5. The minimum atomic E-state index is 0.831. The number of halogens is 1. The van der Waals surface area contributed by atoms with Gasteiger partial charge in [0, 0.05) is 15.4 Å². The van der Waals surface area contributed by atoms with Crippen LogP contribution in [0.15, 0.2) is 27.3 Å². The summed E-state index contributed by atoms with van der Waals surface area (Å²) in [7, 11) is 0. The highest BCUT2D eigenvalue weighted by Crippen LogP contribution is 2.33. The molecule has 3 rings (SSSR count). The summed E-state index contributed by atoms with van der Waals surface area (Å²) in [5.41, 5.74) is 4.04. The number of nitrogens with zero attached hydrogens (tertiary/aromatic N) is 2. The van der Waals surface area contributed by atoms with Crippen LogP contribution in [0.1, 0.15) is 11.5 Å². The molecule has 0 spiro atoms. The molecule has 0 saturated carbocycles. The topological polar surface area (TPSA) is 54.7 Å². The van der Waals surface area contributed by atoms with Crippen LogP contribution in [0.3, 0.4) is 0 Å².